The molecule has 0 radical (unpaired) electrons. The Balaban J connectivity index is 1.09. The van der Waals surface area contributed by atoms with Crippen LogP contribution >= 0.6 is 0 Å². The smallest absolute Gasteiger partial charge is 0.0547 e. The number of fused-ring (bicyclic) bond motifs is 6. The molecule has 0 saturated carbocycles. The molecule has 0 unspecified atom stereocenters. The van der Waals surface area contributed by atoms with Crippen molar-refractivity contribution in [2.24, 2.45) is 0 Å². The fourth-order valence-electron chi connectivity index (χ4n) is 8.61. The van der Waals surface area contributed by atoms with Crippen LogP contribution in [0.1, 0.15) is 0 Å². The lowest BCUT2D eigenvalue weighted by Gasteiger charge is -2.12. The van der Waals surface area contributed by atoms with Gasteiger partial charge in [-0.25, -0.2) is 0 Å². The lowest BCUT2D eigenvalue weighted by atomic mass is 9.98. The molecular formula is C54H36N2. The zero-order valence-corrected chi connectivity index (χ0v) is 30.7. The van der Waals surface area contributed by atoms with E-state index in [-0.39, 0.29) is 0 Å². The van der Waals surface area contributed by atoms with E-state index in [9.17, 15) is 0 Å². The average Bonchev–Trinajstić information content (AvgIpc) is 3.79. The van der Waals surface area contributed by atoms with Gasteiger partial charge in [0.25, 0.3) is 0 Å². The van der Waals surface area contributed by atoms with Crippen molar-refractivity contribution in [2.45, 2.75) is 0 Å². The molecule has 11 rings (SSSR count). The van der Waals surface area contributed by atoms with Crippen molar-refractivity contribution in [2.75, 3.05) is 0 Å². The molecule has 0 aliphatic rings. The van der Waals surface area contributed by atoms with Crippen LogP contribution in [0.5, 0.6) is 0 Å². The molecule has 0 amide bonds. The van der Waals surface area contributed by atoms with Gasteiger partial charge < -0.3 is 9.13 Å². The summed E-state index contributed by atoms with van der Waals surface area (Å²) in [5, 5.41) is 4.98. The van der Waals surface area contributed by atoms with Gasteiger partial charge in [-0.2, -0.15) is 0 Å². The van der Waals surface area contributed by atoms with Crippen LogP contribution in [0.2, 0.25) is 0 Å². The van der Waals surface area contributed by atoms with Crippen molar-refractivity contribution in [1.82, 2.24) is 9.13 Å². The van der Waals surface area contributed by atoms with E-state index in [0.717, 1.165) is 5.69 Å². The van der Waals surface area contributed by atoms with Gasteiger partial charge in [0, 0.05) is 32.9 Å². The van der Waals surface area contributed by atoms with Gasteiger partial charge in [0.2, 0.25) is 0 Å². The van der Waals surface area contributed by atoms with Crippen molar-refractivity contribution in [3.63, 3.8) is 0 Å². The number of benzene rings is 9. The summed E-state index contributed by atoms with van der Waals surface area (Å²) in [5.74, 6) is 0. The number of hydrogen-bond acceptors (Lipinski definition) is 0. The largest absolute Gasteiger partial charge is 0.309 e. The second-order valence-electron chi connectivity index (χ2n) is 14.6. The maximum atomic E-state index is 2.44. The highest BCUT2D eigenvalue weighted by molar-refractivity contribution is 6.13. The summed E-state index contributed by atoms with van der Waals surface area (Å²) >= 11 is 0. The van der Waals surface area contributed by atoms with Gasteiger partial charge in [0.15, 0.2) is 0 Å². The maximum Gasteiger partial charge on any atom is 0.0547 e. The van der Waals surface area contributed by atoms with Crippen LogP contribution in [-0.2, 0) is 0 Å². The molecule has 0 atom stereocenters. The van der Waals surface area contributed by atoms with E-state index in [4.69, 9.17) is 0 Å². The summed E-state index contributed by atoms with van der Waals surface area (Å²) in [5.41, 5.74) is 16.8. The van der Waals surface area contributed by atoms with Gasteiger partial charge in [0.05, 0.1) is 22.1 Å². The van der Waals surface area contributed by atoms with Crippen LogP contribution in [-0.4, -0.2) is 9.13 Å². The highest BCUT2D eigenvalue weighted by Crippen LogP contribution is 2.40. The Morgan fingerprint density at radius 1 is 0.196 bits per heavy atom. The fraction of sp³-hybridized carbons (Fsp3) is 0. The van der Waals surface area contributed by atoms with Crippen LogP contribution in [0.15, 0.2) is 218 Å². The molecule has 2 heteroatoms. The highest BCUT2D eigenvalue weighted by atomic mass is 15.0. The van der Waals surface area contributed by atoms with Gasteiger partial charge in [-0.3, -0.25) is 0 Å². The average molecular weight is 713 g/mol. The highest BCUT2D eigenvalue weighted by Gasteiger charge is 2.17. The van der Waals surface area contributed by atoms with Crippen LogP contribution < -0.4 is 0 Å². The normalized spacial score (nSPS) is 11.6. The lowest BCUT2D eigenvalue weighted by molar-refractivity contribution is 1.18. The number of aromatic nitrogens is 2. The molecule has 0 spiro atoms. The summed E-state index contributed by atoms with van der Waals surface area (Å²) < 4.78 is 4.82. The second-order valence-corrected chi connectivity index (χ2v) is 14.6. The minimum atomic E-state index is 1.14. The summed E-state index contributed by atoms with van der Waals surface area (Å²) in [4.78, 5) is 0. The van der Waals surface area contributed by atoms with Crippen molar-refractivity contribution < 1.29 is 0 Å². The van der Waals surface area contributed by atoms with Crippen LogP contribution in [0, 0.1) is 0 Å². The molecule has 11 aromatic rings. The van der Waals surface area contributed by atoms with Gasteiger partial charge in [-0.15, -0.1) is 0 Å². The molecule has 9 aromatic carbocycles. The maximum absolute atomic E-state index is 2.44. The number of nitrogens with zero attached hydrogens (tertiary/aromatic N) is 2. The number of rotatable bonds is 6. The number of para-hydroxylation sites is 2. The first-order valence-corrected chi connectivity index (χ1v) is 19.3. The van der Waals surface area contributed by atoms with Crippen LogP contribution in [0.4, 0.5) is 0 Å². The molecule has 56 heavy (non-hydrogen) atoms. The van der Waals surface area contributed by atoms with Crippen molar-refractivity contribution in [1.29, 1.82) is 0 Å². The molecule has 262 valence electrons. The summed E-state index contributed by atoms with van der Waals surface area (Å²) in [6, 6.07) is 79.4. The quantitative estimate of drug-likeness (QED) is 0.162. The first-order valence-electron chi connectivity index (χ1n) is 19.3. The van der Waals surface area contributed by atoms with E-state index < -0.39 is 0 Å². The molecule has 0 aliphatic carbocycles. The third kappa shape index (κ3) is 5.34. The minimum absolute atomic E-state index is 1.14. The Bertz CT molecular complexity index is 3210. The standard InChI is InChI=1S/C54H36N2/c1-4-13-37(14-5-1)39-23-25-40(26-24-39)44-27-30-48-50-35-43(29-32-53(50)56(54(48)36-44)46-20-12-17-41(33-46)38-15-6-2-7-16-38)42-28-31-52-49(34-42)47-21-10-11-22-51(47)55(52)45-18-8-3-9-19-45/h1-36H. The van der Waals surface area contributed by atoms with Gasteiger partial charge in [-0.1, -0.05) is 158 Å². The van der Waals surface area contributed by atoms with Crippen LogP contribution in [0.3, 0.4) is 0 Å². The van der Waals surface area contributed by atoms with Gasteiger partial charge >= 0.3 is 0 Å². The van der Waals surface area contributed by atoms with Crippen LogP contribution in [0.25, 0.3) is 99.5 Å². The van der Waals surface area contributed by atoms with Gasteiger partial charge in [0.1, 0.15) is 0 Å². The lowest BCUT2D eigenvalue weighted by Crippen LogP contribution is -1.95. The Morgan fingerprint density at radius 2 is 0.589 bits per heavy atom. The van der Waals surface area contributed by atoms with E-state index in [0.29, 0.717) is 0 Å². The zero-order valence-electron chi connectivity index (χ0n) is 30.7. The Morgan fingerprint density at radius 3 is 1.25 bits per heavy atom. The predicted octanol–water partition coefficient (Wildman–Crippen LogP) is 14.5. The summed E-state index contributed by atoms with van der Waals surface area (Å²) in [6.07, 6.45) is 0. The van der Waals surface area contributed by atoms with E-state index in [1.807, 2.05) is 0 Å². The van der Waals surface area contributed by atoms with E-state index >= 15 is 0 Å². The Labute approximate surface area is 325 Å². The van der Waals surface area contributed by atoms with E-state index in [2.05, 4.69) is 228 Å². The number of hydrogen-bond donors (Lipinski definition) is 0. The third-order valence-corrected chi connectivity index (χ3v) is 11.3. The summed E-state index contributed by atoms with van der Waals surface area (Å²) in [7, 11) is 0. The molecule has 0 aliphatic heterocycles. The fourth-order valence-corrected chi connectivity index (χ4v) is 8.61. The molecule has 2 aromatic heterocycles. The first-order chi connectivity index (χ1) is 27.8. The molecule has 0 fully saturated rings. The Hall–Kier alpha value is -7.42. The van der Waals surface area contributed by atoms with Gasteiger partial charge in [-0.05, 0) is 105 Å². The topological polar surface area (TPSA) is 9.86 Å². The third-order valence-electron chi connectivity index (χ3n) is 11.3. The second kappa shape index (κ2) is 13.2. The minimum Gasteiger partial charge on any atom is -0.309 e. The predicted molar refractivity (Wildman–Crippen MR) is 237 cm³/mol. The van der Waals surface area contributed by atoms with Crippen molar-refractivity contribution in [3.05, 3.63) is 218 Å². The monoisotopic (exact) mass is 712 g/mol. The van der Waals surface area contributed by atoms with E-state index in [1.165, 1.54) is 93.8 Å². The SMILES string of the molecule is c1ccc(-c2ccc(-c3ccc4c5cc(-c6ccc7c(c6)c6ccccc6n7-c6ccccc6)ccc5n(-c5cccc(-c6ccccc6)c5)c4c3)cc2)cc1. The van der Waals surface area contributed by atoms with Crippen molar-refractivity contribution >= 4 is 43.6 Å². The zero-order chi connectivity index (χ0) is 37.0. The molecular weight excluding hydrogens is 677 g/mol. The summed E-state index contributed by atoms with van der Waals surface area (Å²) in [6.45, 7) is 0. The first kappa shape index (κ1) is 32.0. The Kier molecular flexibility index (Phi) is 7.53. The molecule has 0 saturated heterocycles. The van der Waals surface area contributed by atoms with Crippen molar-refractivity contribution in [3.8, 4) is 55.9 Å². The molecule has 2 nitrogen and oxygen atoms in total. The molecule has 0 N–H and O–H groups in total. The van der Waals surface area contributed by atoms with E-state index in [1.54, 1.807) is 0 Å². The molecule has 0 bridgehead atoms. The molecule has 2 heterocycles.